The van der Waals surface area contributed by atoms with Gasteiger partial charge in [0, 0.05) is 12.6 Å². The minimum absolute atomic E-state index is 0.0220. The summed E-state index contributed by atoms with van der Waals surface area (Å²) in [6.45, 7) is 0.435. The van der Waals surface area contributed by atoms with E-state index < -0.39 is 41.2 Å². The Bertz CT molecular complexity index is 1000. The van der Waals surface area contributed by atoms with E-state index in [2.05, 4.69) is 10.6 Å². The summed E-state index contributed by atoms with van der Waals surface area (Å²) in [5, 5.41) is 5.26. The Kier molecular flexibility index (Phi) is 5.94. The van der Waals surface area contributed by atoms with Gasteiger partial charge in [-0.05, 0) is 30.2 Å². The third-order valence-corrected chi connectivity index (χ3v) is 5.41. The van der Waals surface area contributed by atoms with E-state index in [1.807, 2.05) is 30.3 Å². The number of carbonyl (C=O) groups excluding carboxylic acids is 3. The quantitative estimate of drug-likeness (QED) is 0.727. The molecule has 0 radical (unpaired) electrons. The summed E-state index contributed by atoms with van der Waals surface area (Å²) in [4.78, 5) is 39.0. The molecule has 9 heteroatoms. The van der Waals surface area contributed by atoms with Gasteiger partial charge in [-0.1, -0.05) is 30.3 Å². The summed E-state index contributed by atoms with van der Waals surface area (Å²) in [7, 11) is 0. The Morgan fingerprint density at radius 3 is 2.71 bits per heavy atom. The van der Waals surface area contributed by atoms with Crippen molar-refractivity contribution in [1.82, 2.24) is 15.5 Å². The lowest BCUT2D eigenvalue weighted by Crippen LogP contribution is -2.62. The molecule has 162 valence electrons. The van der Waals surface area contributed by atoms with Crippen LogP contribution in [0.25, 0.3) is 0 Å². The normalized spacial score (nSPS) is 22.8. The van der Waals surface area contributed by atoms with Crippen LogP contribution in [0.15, 0.2) is 48.5 Å². The Balaban J connectivity index is 1.35. The zero-order chi connectivity index (χ0) is 22.0. The van der Waals surface area contributed by atoms with Crippen LogP contribution in [0.2, 0.25) is 0 Å². The summed E-state index contributed by atoms with van der Waals surface area (Å²) in [5.74, 6) is -3.01. The van der Waals surface area contributed by atoms with Gasteiger partial charge in [0.25, 0.3) is 5.91 Å². The molecule has 7 nitrogen and oxygen atoms in total. The van der Waals surface area contributed by atoms with Crippen LogP contribution in [0.4, 0.5) is 8.78 Å². The van der Waals surface area contributed by atoms with Gasteiger partial charge in [-0.15, -0.1) is 0 Å². The zero-order valence-corrected chi connectivity index (χ0v) is 16.5. The molecule has 2 aliphatic rings. The minimum Gasteiger partial charge on any atom is -0.374 e. The number of piperazine rings is 1. The van der Waals surface area contributed by atoms with Crippen molar-refractivity contribution in [3.05, 3.63) is 71.3 Å². The first-order valence-electron chi connectivity index (χ1n) is 9.91. The highest BCUT2D eigenvalue weighted by Gasteiger charge is 2.46. The number of hydrogen-bond donors (Lipinski definition) is 2. The molecule has 4 rings (SSSR count). The molecule has 0 aliphatic carbocycles. The van der Waals surface area contributed by atoms with Gasteiger partial charge in [0.05, 0.1) is 18.8 Å². The van der Waals surface area contributed by atoms with Crippen LogP contribution in [0.3, 0.4) is 0 Å². The fraction of sp³-hybridized carbons (Fsp3) is 0.318. The Labute approximate surface area is 177 Å². The van der Waals surface area contributed by atoms with E-state index in [0.29, 0.717) is 6.61 Å². The highest BCUT2D eigenvalue weighted by atomic mass is 19.1. The third-order valence-electron chi connectivity index (χ3n) is 5.41. The number of carbonyl (C=O) groups is 3. The average molecular weight is 429 g/mol. The molecule has 2 aromatic rings. The van der Waals surface area contributed by atoms with Crippen LogP contribution < -0.4 is 10.6 Å². The Hall–Kier alpha value is -3.33. The first kappa shape index (κ1) is 20.9. The van der Waals surface area contributed by atoms with Gasteiger partial charge in [0.1, 0.15) is 23.7 Å². The fourth-order valence-corrected chi connectivity index (χ4v) is 3.88. The Morgan fingerprint density at radius 2 is 1.94 bits per heavy atom. The maximum atomic E-state index is 13.8. The molecule has 2 fully saturated rings. The fourth-order valence-electron chi connectivity index (χ4n) is 3.88. The van der Waals surface area contributed by atoms with Crippen molar-refractivity contribution < 1.29 is 27.9 Å². The van der Waals surface area contributed by atoms with Crippen LogP contribution in [0.1, 0.15) is 22.3 Å². The van der Waals surface area contributed by atoms with Gasteiger partial charge in [-0.2, -0.15) is 0 Å². The van der Waals surface area contributed by atoms with E-state index in [-0.39, 0.29) is 31.4 Å². The van der Waals surface area contributed by atoms with Gasteiger partial charge < -0.3 is 20.3 Å². The number of amides is 3. The van der Waals surface area contributed by atoms with E-state index in [1.165, 1.54) is 4.90 Å². The van der Waals surface area contributed by atoms with Crippen LogP contribution >= 0.6 is 0 Å². The lowest BCUT2D eigenvalue weighted by atomic mass is 10.1. The molecule has 2 heterocycles. The second kappa shape index (κ2) is 8.81. The van der Waals surface area contributed by atoms with Gasteiger partial charge >= 0.3 is 0 Å². The smallest absolute Gasteiger partial charge is 0.254 e. The molecule has 2 aromatic carbocycles. The predicted molar refractivity (Wildman–Crippen MR) is 106 cm³/mol. The minimum atomic E-state index is -0.848. The summed E-state index contributed by atoms with van der Waals surface area (Å²) in [5.41, 5.74) is 0.524. The molecular weight excluding hydrogens is 408 g/mol. The largest absolute Gasteiger partial charge is 0.374 e. The van der Waals surface area contributed by atoms with Crippen molar-refractivity contribution in [3.8, 4) is 0 Å². The molecule has 3 atom stereocenters. The molecule has 3 amide bonds. The van der Waals surface area contributed by atoms with Crippen molar-refractivity contribution in [2.24, 2.45) is 0 Å². The van der Waals surface area contributed by atoms with Crippen molar-refractivity contribution >= 4 is 17.7 Å². The lowest BCUT2D eigenvalue weighted by molar-refractivity contribution is -0.148. The van der Waals surface area contributed by atoms with Crippen LogP contribution in [0.5, 0.6) is 0 Å². The summed E-state index contributed by atoms with van der Waals surface area (Å²) >= 11 is 0. The van der Waals surface area contributed by atoms with Gasteiger partial charge in [-0.3, -0.25) is 14.4 Å². The summed E-state index contributed by atoms with van der Waals surface area (Å²) in [6, 6.07) is 9.95. The Morgan fingerprint density at radius 1 is 1.16 bits per heavy atom. The molecule has 2 N–H and O–H groups in total. The number of nitrogens with one attached hydrogen (secondary N) is 2. The molecule has 2 saturated heterocycles. The summed E-state index contributed by atoms with van der Waals surface area (Å²) in [6.07, 6.45) is 0.192. The molecular formula is C22H21F2N3O4. The SMILES string of the molecule is O=C(N[C@H]1C[C@H]2C(=O)N[C@@H](COCc3ccccc3)C(=O)N2C1)c1cc(F)ccc1F. The molecule has 0 saturated carbocycles. The molecule has 0 bridgehead atoms. The molecule has 0 spiro atoms. The maximum absolute atomic E-state index is 13.8. The number of ether oxygens (including phenoxy) is 1. The van der Waals surface area contributed by atoms with Crippen molar-refractivity contribution in [2.45, 2.75) is 31.2 Å². The number of halogens is 2. The second-order valence-corrected chi connectivity index (χ2v) is 7.60. The first-order valence-corrected chi connectivity index (χ1v) is 9.91. The van der Waals surface area contributed by atoms with E-state index >= 15 is 0 Å². The molecule has 2 aliphatic heterocycles. The van der Waals surface area contributed by atoms with Crippen molar-refractivity contribution in [3.63, 3.8) is 0 Å². The first-order chi connectivity index (χ1) is 14.9. The molecule has 0 aromatic heterocycles. The number of nitrogens with zero attached hydrogens (tertiary/aromatic N) is 1. The van der Waals surface area contributed by atoms with Crippen molar-refractivity contribution in [1.29, 1.82) is 0 Å². The molecule has 31 heavy (non-hydrogen) atoms. The predicted octanol–water partition coefficient (Wildman–Crippen LogP) is 1.38. The topological polar surface area (TPSA) is 87.7 Å². The summed E-state index contributed by atoms with van der Waals surface area (Å²) < 4.78 is 32.8. The van der Waals surface area contributed by atoms with Crippen LogP contribution in [-0.2, 0) is 20.9 Å². The molecule has 0 unspecified atom stereocenters. The average Bonchev–Trinajstić information content (AvgIpc) is 3.18. The highest BCUT2D eigenvalue weighted by Crippen LogP contribution is 2.23. The number of fused-ring (bicyclic) bond motifs is 1. The number of hydrogen-bond acceptors (Lipinski definition) is 4. The van der Waals surface area contributed by atoms with Crippen LogP contribution in [0, 0.1) is 11.6 Å². The third kappa shape index (κ3) is 4.56. The lowest BCUT2D eigenvalue weighted by Gasteiger charge is -2.34. The van der Waals surface area contributed by atoms with Gasteiger partial charge in [0.2, 0.25) is 11.8 Å². The number of benzene rings is 2. The van der Waals surface area contributed by atoms with E-state index in [1.54, 1.807) is 0 Å². The monoisotopic (exact) mass is 429 g/mol. The van der Waals surface area contributed by atoms with Gasteiger partial charge in [0.15, 0.2) is 0 Å². The van der Waals surface area contributed by atoms with Gasteiger partial charge in [-0.25, -0.2) is 8.78 Å². The standard InChI is InChI=1S/C22H21F2N3O4/c23-14-6-7-17(24)16(8-14)20(28)25-15-9-19-21(29)26-18(22(30)27(19)10-15)12-31-11-13-4-2-1-3-5-13/h1-8,15,18-19H,9-12H2,(H,25,28)(H,26,29)/t15-,18-,19-/m0/s1. The van der Waals surface area contributed by atoms with Crippen molar-refractivity contribution in [2.75, 3.05) is 13.2 Å². The second-order valence-electron chi connectivity index (χ2n) is 7.60. The number of rotatable bonds is 6. The van der Waals surface area contributed by atoms with E-state index in [9.17, 15) is 23.2 Å². The van der Waals surface area contributed by atoms with E-state index in [0.717, 1.165) is 23.8 Å². The highest BCUT2D eigenvalue weighted by molar-refractivity contribution is 5.98. The maximum Gasteiger partial charge on any atom is 0.254 e. The zero-order valence-electron chi connectivity index (χ0n) is 16.5. The van der Waals surface area contributed by atoms with Crippen LogP contribution in [-0.4, -0.2) is 53.9 Å². The van der Waals surface area contributed by atoms with E-state index in [4.69, 9.17) is 4.74 Å².